The lowest BCUT2D eigenvalue weighted by molar-refractivity contribution is 0.0971. The van der Waals surface area contributed by atoms with Crippen molar-refractivity contribution in [2.24, 2.45) is 0 Å². The molecule has 5 rings (SSSR count). The number of benzene rings is 3. The largest absolute Gasteiger partial charge is 0.503 e. The number of phenolic OH excluding ortho intramolecular Hbond substituents is 1. The zero-order valence-corrected chi connectivity index (χ0v) is 21.7. The molecule has 0 aliphatic carbocycles. The maximum atomic E-state index is 13.9. The summed E-state index contributed by atoms with van der Waals surface area (Å²) in [4.78, 5) is 29.1. The maximum Gasteiger partial charge on any atom is 0.295 e. The van der Waals surface area contributed by atoms with Crippen molar-refractivity contribution < 1.29 is 19.1 Å². The van der Waals surface area contributed by atoms with Crippen LogP contribution in [0.2, 0.25) is 5.02 Å². The van der Waals surface area contributed by atoms with Gasteiger partial charge in [0.1, 0.15) is 5.58 Å². The van der Waals surface area contributed by atoms with Crippen LogP contribution in [0.25, 0.3) is 11.0 Å². The monoisotopic (exact) mass is 553 g/mol. The fraction of sp³-hybridized carbons (Fsp3) is 0.185. The van der Waals surface area contributed by atoms with Gasteiger partial charge in [-0.05, 0) is 95.4 Å². The van der Waals surface area contributed by atoms with Crippen molar-refractivity contribution in [2.75, 3.05) is 12.0 Å². The number of carbonyl (C=O) groups is 1. The third kappa shape index (κ3) is 3.61. The van der Waals surface area contributed by atoms with Crippen molar-refractivity contribution in [2.45, 2.75) is 26.8 Å². The van der Waals surface area contributed by atoms with Crippen LogP contribution in [0.1, 0.15) is 44.4 Å². The number of anilines is 1. The van der Waals surface area contributed by atoms with E-state index in [0.717, 1.165) is 16.7 Å². The Morgan fingerprint density at radius 3 is 2.43 bits per heavy atom. The Bertz CT molecular complexity index is 1610. The Hall–Kier alpha value is -3.29. The number of amides is 1. The van der Waals surface area contributed by atoms with Crippen LogP contribution < -0.4 is 15.1 Å². The molecule has 3 aromatic carbocycles. The highest BCUT2D eigenvalue weighted by atomic mass is 79.9. The first kappa shape index (κ1) is 23.5. The average molecular weight is 555 g/mol. The summed E-state index contributed by atoms with van der Waals surface area (Å²) in [5.74, 6) is -0.350. The number of nitrogens with zero attached hydrogens (tertiary/aromatic N) is 1. The smallest absolute Gasteiger partial charge is 0.295 e. The molecule has 8 heteroatoms. The minimum absolute atomic E-state index is 0.0179. The topological polar surface area (TPSA) is 80.0 Å². The molecule has 1 aliphatic rings. The molecule has 1 aliphatic heterocycles. The standard InChI is InChI=1S/C27H21BrClNO5/c1-12-5-6-16(11-19(12)29)30-23(15-9-18(28)25(32)21(10-15)34-4)22-24(31)17-7-13(2)14(3)8-20(17)35-26(22)27(30)33/h5-11,23,32H,1-4H3. The van der Waals surface area contributed by atoms with Gasteiger partial charge in [-0.3, -0.25) is 14.5 Å². The summed E-state index contributed by atoms with van der Waals surface area (Å²) >= 11 is 9.76. The van der Waals surface area contributed by atoms with E-state index in [0.29, 0.717) is 31.7 Å². The summed E-state index contributed by atoms with van der Waals surface area (Å²) < 4.78 is 11.8. The number of aryl methyl sites for hydroxylation is 3. The van der Waals surface area contributed by atoms with Gasteiger partial charge in [0.2, 0.25) is 5.76 Å². The molecular formula is C27H21BrClNO5. The Balaban J connectivity index is 1.85. The summed E-state index contributed by atoms with van der Waals surface area (Å²) in [6.45, 7) is 5.72. The van der Waals surface area contributed by atoms with E-state index in [4.69, 9.17) is 20.8 Å². The van der Waals surface area contributed by atoms with Crippen molar-refractivity contribution in [3.05, 3.63) is 95.8 Å². The summed E-state index contributed by atoms with van der Waals surface area (Å²) in [5.41, 5.74) is 4.13. The van der Waals surface area contributed by atoms with Crippen LogP contribution >= 0.6 is 27.5 Å². The quantitative estimate of drug-likeness (QED) is 0.309. The molecule has 1 unspecified atom stereocenters. The molecule has 0 radical (unpaired) electrons. The summed E-state index contributed by atoms with van der Waals surface area (Å²) in [5, 5.41) is 11.3. The lowest BCUT2D eigenvalue weighted by Crippen LogP contribution is -2.29. The Labute approximate surface area is 214 Å². The molecule has 2 heterocycles. The van der Waals surface area contributed by atoms with Crippen molar-refractivity contribution in [3.8, 4) is 11.5 Å². The van der Waals surface area contributed by atoms with E-state index < -0.39 is 11.9 Å². The Kier molecular flexibility index (Phi) is 5.65. The first-order chi connectivity index (χ1) is 16.6. The zero-order chi connectivity index (χ0) is 25.2. The van der Waals surface area contributed by atoms with Crippen LogP contribution in [0, 0.1) is 20.8 Å². The lowest BCUT2D eigenvalue weighted by Gasteiger charge is -2.26. The van der Waals surface area contributed by atoms with Crippen LogP contribution in [0.5, 0.6) is 11.5 Å². The molecule has 4 aromatic rings. The molecule has 0 saturated heterocycles. The van der Waals surface area contributed by atoms with Gasteiger partial charge in [0.25, 0.3) is 5.91 Å². The molecule has 1 amide bonds. The van der Waals surface area contributed by atoms with E-state index in [1.165, 1.54) is 12.0 Å². The van der Waals surface area contributed by atoms with Gasteiger partial charge in [0.05, 0.1) is 28.6 Å². The zero-order valence-electron chi connectivity index (χ0n) is 19.4. The number of aromatic hydroxyl groups is 1. The highest BCUT2D eigenvalue weighted by molar-refractivity contribution is 9.10. The molecule has 0 fully saturated rings. The van der Waals surface area contributed by atoms with E-state index >= 15 is 0 Å². The van der Waals surface area contributed by atoms with Gasteiger partial charge >= 0.3 is 0 Å². The van der Waals surface area contributed by atoms with E-state index in [-0.39, 0.29) is 28.3 Å². The highest BCUT2D eigenvalue weighted by Crippen LogP contribution is 2.45. The first-order valence-electron chi connectivity index (χ1n) is 10.9. The molecule has 6 nitrogen and oxygen atoms in total. The molecule has 1 N–H and O–H groups in total. The second kappa shape index (κ2) is 8.43. The fourth-order valence-corrected chi connectivity index (χ4v) is 5.08. The maximum absolute atomic E-state index is 13.9. The molecule has 0 bridgehead atoms. The Morgan fingerprint density at radius 2 is 1.74 bits per heavy atom. The number of carbonyl (C=O) groups excluding carboxylic acids is 1. The fourth-order valence-electron chi connectivity index (χ4n) is 4.45. The predicted molar refractivity (Wildman–Crippen MR) is 139 cm³/mol. The number of methoxy groups -OCH3 is 1. The van der Waals surface area contributed by atoms with E-state index in [9.17, 15) is 14.7 Å². The summed E-state index contributed by atoms with van der Waals surface area (Å²) in [6, 6.07) is 11.3. The molecule has 35 heavy (non-hydrogen) atoms. The SMILES string of the molecule is COc1cc(C2c3c(oc4cc(C)c(C)cc4c3=O)C(=O)N2c2ccc(C)c(Cl)c2)cc(Br)c1O. The lowest BCUT2D eigenvalue weighted by atomic mass is 9.97. The molecule has 1 aromatic heterocycles. The third-order valence-electron chi connectivity index (χ3n) is 6.51. The van der Waals surface area contributed by atoms with Crippen molar-refractivity contribution in [1.29, 1.82) is 0 Å². The summed E-state index contributed by atoms with van der Waals surface area (Å²) in [6.07, 6.45) is 0. The first-order valence-corrected chi connectivity index (χ1v) is 12.0. The van der Waals surface area contributed by atoms with Gasteiger partial charge in [-0.2, -0.15) is 0 Å². The number of ether oxygens (including phenoxy) is 1. The number of rotatable bonds is 3. The number of phenols is 1. The van der Waals surface area contributed by atoms with Crippen LogP contribution in [0.4, 0.5) is 5.69 Å². The molecule has 1 atom stereocenters. The van der Waals surface area contributed by atoms with Gasteiger partial charge in [-0.25, -0.2) is 0 Å². The minimum atomic E-state index is -0.829. The second-order valence-corrected chi connectivity index (χ2v) is 9.93. The van der Waals surface area contributed by atoms with Crippen LogP contribution in [0.3, 0.4) is 0 Å². The van der Waals surface area contributed by atoms with Gasteiger partial charge in [0.15, 0.2) is 16.9 Å². The van der Waals surface area contributed by atoms with E-state index in [2.05, 4.69) is 15.9 Å². The van der Waals surface area contributed by atoms with Crippen molar-refractivity contribution >= 4 is 50.1 Å². The van der Waals surface area contributed by atoms with Crippen molar-refractivity contribution in [3.63, 3.8) is 0 Å². The predicted octanol–water partition coefficient (Wildman–Crippen LogP) is 6.60. The number of hydrogen-bond donors (Lipinski definition) is 1. The highest BCUT2D eigenvalue weighted by Gasteiger charge is 2.44. The average Bonchev–Trinajstić information content (AvgIpc) is 3.11. The third-order valence-corrected chi connectivity index (χ3v) is 7.52. The minimum Gasteiger partial charge on any atom is -0.503 e. The van der Waals surface area contributed by atoms with E-state index in [1.54, 1.807) is 36.4 Å². The Morgan fingerprint density at radius 1 is 1.03 bits per heavy atom. The molecular weight excluding hydrogens is 534 g/mol. The van der Waals surface area contributed by atoms with Gasteiger partial charge in [0, 0.05) is 10.7 Å². The molecule has 0 saturated carbocycles. The van der Waals surface area contributed by atoms with Crippen LogP contribution in [-0.2, 0) is 0 Å². The number of halogens is 2. The number of fused-ring (bicyclic) bond motifs is 2. The summed E-state index contributed by atoms with van der Waals surface area (Å²) in [7, 11) is 1.43. The van der Waals surface area contributed by atoms with Crippen LogP contribution in [0.15, 0.2) is 56.1 Å². The second-order valence-electron chi connectivity index (χ2n) is 8.67. The van der Waals surface area contributed by atoms with Gasteiger partial charge in [-0.1, -0.05) is 17.7 Å². The van der Waals surface area contributed by atoms with Crippen molar-refractivity contribution in [1.82, 2.24) is 0 Å². The normalized spacial score (nSPS) is 15.1. The van der Waals surface area contributed by atoms with Crippen LogP contribution in [-0.4, -0.2) is 18.1 Å². The van der Waals surface area contributed by atoms with E-state index in [1.807, 2.05) is 26.8 Å². The number of hydrogen-bond acceptors (Lipinski definition) is 5. The molecule has 178 valence electrons. The van der Waals surface area contributed by atoms with Gasteiger partial charge in [-0.15, -0.1) is 0 Å². The molecule has 0 spiro atoms. The van der Waals surface area contributed by atoms with Gasteiger partial charge < -0.3 is 14.3 Å².